The Morgan fingerprint density at radius 1 is 1.53 bits per heavy atom. The second-order valence-electron chi connectivity index (χ2n) is 4.61. The second-order valence-corrected chi connectivity index (χ2v) is 7.59. The van der Waals surface area contributed by atoms with Crippen molar-refractivity contribution in [1.29, 1.82) is 0 Å². The van der Waals surface area contributed by atoms with Crippen molar-refractivity contribution in [2.45, 2.75) is 24.3 Å². The van der Waals surface area contributed by atoms with Gasteiger partial charge in [-0.2, -0.15) is 0 Å². The van der Waals surface area contributed by atoms with E-state index in [1.54, 1.807) is 6.07 Å². The summed E-state index contributed by atoms with van der Waals surface area (Å²) in [5.41, 5.74) is 0. The van der Waals surface area contributed by atoms with E-state index in [2.05, 4.69) is 20.7 Å². The lowest BCUT2D eigenvalue weighted by Crippen LogP contribution is -2.38. The summed E-state index contributed by atoms with van der Waals surface area (Å²) < 4.78 is 33.0. The first-order chi connectivity index (χ1) is 8.90. The van der Waals surface area contributed by atoms with Gasteiger partial charge in [-0.25, -0.2) is 13.1 Å². The van der Waals surface area contributed by atoms with Crippen molar-refractivity contribution in [1.82, 2.24) is 4.72 Å². The Balaban J connectivity index is 2.15. The first kappa shape index (κ1) is 15.3. The van der Waals surface area contributed by atoms with Crippen molar-refractivity contribution in [3.8, 4) is 0 Å². The van der Waals surface area contributed by atoms with Gasteiger partial charge in [0.2, 0.25) is 10.0 Å². The monoisotopic (exact) mass is 367 g/mol. The zero-order valence-electron chi connectivity index (χ0n) is 10.4. The summed E-state index contributed by atoms with van der Waals surface area (Å²) in [4.78, 5) is 0.203. The Morgan fingerprint density at radius 3 is 2.84 bits per heavy atom. The van der Waals surface area contributed by atoms with E-state index in [4.69, 9.17) is 16.3 Å². The number of ether oxygens (including phenoxy) is 1. The molecule has 0 bridgehead atoms. The fourth-order valence-corrected chi connectivity index (χ4v) is 3.99. The predicted molar refractivity (Wildman–Crippen MR) is 77.9 cm³/mol. The number of nitrogens with one attached hydrogen (secondary N) is 1. The normalized spacial score (nSPS) is 21.5. The number of sulfonamides is 1. The maximum Gasteiger partial charge on any atom is 0.240 e. The zero-order chi connectivity index (χ0) is 14.0. The molecule has 1 saturated heterocycles. The summed E-state index contributed by atoms with van der Waals surface area (Å²) >= 11 is 9.09. The molecule has 2 atom stereocenters. The number of benzene rings is 1. The number of rotatable bonds is 4. The van der Waals surface area contributed by atoms with E-state index >= 15 is 0 Å². The summed E-state index contributed by atoms with van der Waals surface area (Å²) in [6.07, 6.45) is 0.883. The first-order valence-corrected chi connectivity index (χ1v) is 8.60. The Bertz CT molecular complexity index is 558. The average molecular weight is 369 g/mol. The number of hydrogen-bond donors (Lipinski definition) is 1. The SMILES string of the molecule is CC(NS(=O)(=O)c1ccc(Cl)c(Br)c1)C1CCOC1. The zero-order valence-corrected chi connectivity index (χ0v) is 13.6. The lowest BCUT2D eigenvalue weighted by Gasteiger charge is -2.19. The molecule has 0 radical (unpaired) electrons. The molecule has 4 nitrogen and oxygen atoms in total. The van der Waals surface area contributed by atoms with Crippen molar-refractivity contribution in [2.24, 2.45) is 5.92 Å². The minimum Gasteiger partial charge on any atom is -0.381 e. The van der Waals surface area contributed by atoms with Gasteiger partial charge in [0, 0.05) is 23.0 Å². The Hall–Kier alpha value is -0.140. The van der Waals surface area contributed by atoms with Crippen LogP contribution in [0.25, 0.3) is 0 Å². The molecule has 1 N–H and O–H groups in total. The smallest absolute Gasteiger partial charge is 0.240 e. The standard InChI is InChI=1S/C12H15BrClNO3S/c1-8(9-4-5-18-7-9)15-19(16,17)10-2-3-12(14)11(13)6-10/h2-3,6,8-9,15H,4-5,7H2,1H3. The summed E-state index contributed by atoms with van der Waals surface area (Å²) in [7, 11) is -3.53. The fraction of sp³-hybridized carbons (Fsp3) is 0.500. The molecule has 0 saturated carbocycles. The van der Waals surface area contributed by atoms with Gasteiger partial charge in [0.05, 0.1) is 16.5 Å². The van der Waals surface area contributed by atoms with Gasteiger partial charge in [-0.15, -0.1) is 0 Å². The highest BCUT2D eigenvalue weighted by Gasteiger charge is 2.26. The Morgan fingerprint density at radius 2 is 2.26 bits per heavy atom. The molecule has 2 rings (SSSR count). The van der Waals surface area contributed by atoms with Crippen LogP contribution in [0.1, 0.15) is 13.3 Å². The van der Waals surface area contributed by atoms with Crippen LogP contribution in [0.15, 0.2) is 27.6 Å². The van der Waals surface area contributed by atoms with Gasteiger partial charge in [-0.1, -0.05) is 11.6 Å². The molecule has 1 fully saturated rings. The molecule has 0 spiro atoms. The van der Waals surface area contributed by atoms with E-state index in [1.165, 1.54) is 12.1 Å². The second kappa shape index (κ2) is 6.10. The van der Waals surface area contributed by atoms with Crippen LogP contribution < -0.4 is 4.72 Å². The molecular formula is C12H15BrClNO3S. The van der Waals surface area contributed by atoms with Crippen molar-refractivity contribution >= 4 is 37.6 Å². The van der Waals surface area contributed by atoms with E-state index < -0.39 is 10.0 Å². The van der Waals surface area contributed by atoms with Crippen molar-refractivity contribution in [3.63, 3.8) is 0 Å². The molecule has 1 aliphatic heterocycles. The quantitative estimate of drug-likeness (QED) is 0.889. The lowest BCUT2D eigenvalue weighted by molar-refractivity contribution is 0.180. The lowest BCUT2D eigenvalue weighted by atomic mass is 10.0. The molecule has 0 aliphatic carbocycles. The van der Waals surface area contributed by atoms with E-state index in [0.717, 1.165) is 6.42 Å². The largest absolute Gasteiger partial charge is 0.381 e. The maximum atomic E-state index is 12.2. The fourth-order valence-electron chi connectivity index (χ4n) is 2.00. The summed E-state index contributed by atoms with van der Waals surface area (Å²) in [6.45, 7) is 3.17. The van der Waals surface area contributed by atoms with E-state index in [-0.39, 0.29) is 16.9 Å². The van der Waals surface area contributed by atoms with E-state index in [9.17, 15) is 8.42 Å². The molecule has 2 unspecified atom stereocenters. The molecule has 0 aromatic heterocycles. The van der Waals surface area contributed by atoms with Crippen LogP contribution in [-0.4, -0.2) is 27.7 Å². The topological polar surface area (TPSA) is 55.4 Å². The van der Waals surface area contributed by atoms with Gasteiger partial charge >= 0.3 is 0 Å². The van der Waals surface area contributed by atoms with Gasteiger partial charge in [0.1, 0.15) is 0 Å². The van der Waals surface area contributed by atoms with Crippen LogP contribution in [0.3, 0.4) is 0 Å². The van der Waals surface area contributed by atoms with E-state index in [0.29, 0.717) is 22.7 Å². The highest BCUT2D eigenvalue weighted by molar-refractivity contribution is 9.10. The molecule has 19 heavy (non-hydrogen) atoms. The van der Waals surface area contributed by atoms with Gasteiger partial charge in [-0.05, 0) is 47.5 Å². The van der Waals surface area contributed by atoms with Crippen LogP contribution in [0.2, 0.25) is 5.02 Å². The highest BCUT2D eigenvalue weighted by Crippen LogP contribution is 2.26. The molecule has 1 aliphatic rings. The van der Waals surface area contributed by atoms with Crippen LogP contribution in [-0.2, 0) is 14.8 Å². The third-order valence-electron chi connectivity index (χ3n) is 3.21. The number of halogens is 2. The Labute approximate surface area is 126 Å². The van der Waals surface area contributed by atoms with Crippen LogP contribution in [0.4, 0.5) is 0 Å². The van der Waals surface area contributed by atoms with Gasteiger partial charge < -0.3 is 4.74 Å². The maximum absolute atomic E-state index is 12.2. The van der Waals surface area contributed by atoms with Gasteiger partial charge in [0.15, 0.2) is 0 Å². The van der Waals surface area contributed by atoms with E-state index in [1.807, 2.05) is 6.92 Å². The summed E-state index contributed by atoms with van der Waals surface area (Å²) in [5, 5.41) is 0.483. The van der Waals surface area contributed by atoms with Crippen LogP contribution >= 0.6 is 27.5 Å². The molecular weight excluding hydrogens is 354 g/mol. The predicted octanol–water partition coefficient (Wildman–Crippen LogP) is 2.81. The summed E-state index contributed by atoms with van der Waals surface area (Å²) in [5.74, 6) is 0.227. The van der Waals surface area contributed by atoms with Crippen LogP contribution in [0, 0.1) is 5.92 Å². The molecule has 1 aromatic rings. The average Bonchev–Trinajstić information content (AvgIpc) is 2.85. The molecule has 106 valence electrons. The van der Waals surface area contributed by atoms with Crippen molar-refractivity contribution < 1.29 is 13.2 Å². The molecule has 1 aromatic carbocycles. The molecule has 7 heteroatoms. The highest BCUT2D eigenvalue weighted by atomic mass is 79.9. The molecule has 1 heterocycles. The first-order valence-electron chi connectivity index (χ1n) is 5.95. The summed E-state index contributed by atoms with van der Waals surface area (Å²) in [6, 6.07) is 4.40. The third kappa shape index (κ3) is 3.70. The third-order valence-corrected chi connectivity index (χ3v) is 5.98. The number of hydrogen-bond acceptors (Lipinski definition) is 3. The Kier molecular flexibility index (Phi) is 4.89. The van der Waals surface area contributed by atoms with Crippen LogP contribution in [0.5, 0.6) is 0 Å². The minimum absolute atomic E-state index is 0.151. The minimum atomic E-state index is -3.53. The molecule has 0 amide bonds. The van der Waals surface area contributed by atoms with Crippen molar-refractivity contribution in [2.75, 3.05) is 13.2 Å². The van der Waals surface area contributed by atoms with Crippen molar-refractivity contribution in [3.05, 3.63) is 27.7 Å². The van der Waals surface area contributed by atoms with Gasteiger partial charge in [-0.3, -0.25) is 0 Å². The van der Waals surface area contributed by atoms with Gasteiger partial charge in [0.25, 0.3) is 0 Å².